The minimum atomic E-state index is 0.0738. The second kappa shape index (κ2) is 8.96. The van der Waals surface area contributed by atoms with Crippen LogP contribution >= 0.6 is 0 Å². The third kappa shape index (κ3) is 4.56. The van der Waals surface area contributed by atoms with Crippen molar-refractivity contribution in [3.05, 3.63) is 95.7 Å². The predicted octanol–water partition coefficient (Wildman–Crippen LogP) is 4.74. The third-order valence-electron chi connectivity index (χ3n) is 5.43. The number of nitrogens with zero attached hydrogens (tertiary/aromatic N) is 2. The lowest BCUT2D eigenvalue weighted by molar-refractivity contribution is 0.282. The highest BCUT2D eigenvalue weighted by molar-refractivity contribution is 5.60. The fourth-order valence-electron chi connectivity index (χ4n) is 3.81. The van der Waals surface area contributed by atoms with E-state index < -0.39 is 0 Å². The standard InChI is InChI=1S/C25H26N2O/c28-19-21-8-10-22(11-9-21)25-17-23(12-14-26-25)24-13-16-27(18-24)15-4-7-20-5-2-1-3-6-20/h1-12,14,17,24,28H,13,15-16,18-19H2/b7-4+/t24-/m1/s1. The number of pyridine rings is 1. The van der Waals surface area contributed by atoms with Crippen LogP contribution in [0.3, 0.4) is 0 Å². The van der Waals surface area contributed by atoms with Crippen molar-refractivity contribution in [1.29, 1.82) is 0 Å². The first-order valence-corrected chi connectivity index (χ1v) is 9.92. The van der Waals surface area contributed by atoms with E-state index in [-0.39, 0.29) is 6.61 Å². The van der Waals surface area contributed by atoms with Crippen molar-refractivity contribution in [3.8, 4) is 11.3 Å². The number of benzene rings is 2. The van der Waals surface area contributed by atoms with Crippen LogP contribution in [0.4, 0.5) is 0 Å². The van der Waals surface area contributed by atoms with E-state index in [1.165, 1.54) is 17.5 Å². The Labute approximate surface area is 167 Å². The van der Waals surface area contributed by atoms with Gasteiger partial charge in [-0.15, -0.1) is 0 Å². The molecule has 0 amide bonds. The van der Waals surface area contributed by atoms with Crippen molar-refractivity contribution in [1.82, 2.24) is 9.88 Å². The monoisotopic (exact) mass is 370 g/mol. The number of rotatable bonds is 6. The summed E-state index contributed by atoms with van der Waals surface area (Å²) in [7, 11) is 0. The normalized spacial score (nSPS) is 17.4. The van der Waals surface area contributed by atoms with Gasteiger partial charge in [0.15, 0.2) is 0 Å². The van der Waals surface area contributed by atoms with Crippen molar-refractivity contribution in [2.24, 2.45) is 0 Å². The maximum atomic E-state index is 9.21. The van der Waals surface area contributed by atoms with Crippen molar-refractivity contribution in [2.45, 2.75) is 18.9 Å². The van der Waals surface area contributed by atoms with Gasteiger partial charge in [0.05, 0.1) is 12.3 Å². The molecule has 0 spiro atoms. The van der Waals surface area contributed by atoms with Crippen LogP contribution < -0.4 is 0 Å². The molecule has 142 valence electrons. The Bertz CT molecular complexity index is 919. The Hall–Kier alpha value is -2.75. The average Bonchev–Trinajstić information content (AvgIpc) is 3.24. The molecule has 3 aromatic rings. The number of hydrogen-bond donors (Lipinski definition) is 1. The number of likely N-dealkylation sites (tertiary alicyclic amines) is 1. The zero-order valence-electron chi connectivity index (χ0n) is 16.0. The summed E-state index contributed by atoms with van der Waals surface area (Å²) in [4.78, 5) is 7.07. The Kier molecular flexibility index (Phi) is 5.95. The molecular formula is C25H26N2O. The molecule has 1 aliphatic rings. The Morgan fingerprint density at radius 3 is 2.64 bits per heavy atom. The molecule has 3 heteroatoms. The summed E-state index contributed by atoms with van der Waals surface area (Å²) < 4.78 is 0. The van der Waals surface area contributed by atoms with Crippen molar-refractivity contribution in [3.63, 3.8) is 0 Å². The van der Waals surface area contributed by atoms with Gasteiger partial charge in [0.2, 0.25) is 0 Å². The molecule has 3 nitrogen and oxygen atoms in total. The first-order chi connectivity index (χ1) is 13.8. The molecule has 2 aromatic carbocycles. The van der Waals surface area contributed by atoms with Crippen LogP contribution in [0, 0.1) is 0 Å². The molecule has 28 heavy (non-hydrogen) atoms. The van der Waals surface area contributed by atoms with Crippen molar-refractivity contribution < 1.29 is 5.11 Å². The van der Waals surface area contributed by atoms with Crippen LogP contribution in [0.1, 0.15) is 29.0 Å². The summed E-state index contributed by atoms with van der Waals surface area (Å²) in [6, 6.07) is 22.8. The zero-order valence-corrected chi connectivity index (χ0v) is 16.0. The third-order valence-corrected chi connectivity index (χ3v) is 5.43. The van der Waals surface area contributed by atoms with Gasteiger partial charge in [0.1, 0.15) is 0 Å². The lowest BCUT2D eigenvalue weighted by atomic mass is 9.97. The van der Waals surface area contributed by atoms with E-state index >= 15 is 0 Å². The Morgan fingerprint density at radius 2 is 1.86 bits per heavy atom. The molecule has 1 atom stereocenters. The lowest BCUT2D eigenvalue weighted by Gasteiger charge is -2.14. The minimum Gasteiger partial charge on any atom is -0.392 e. The molecule has 1 N–H and O–H groups in total. The lowest BCUT2D eigenvalue weighted by Crippen LogP contribution is -2.20. The van der Waals surface area contributed by atoms with E-state index in [1.54, 1.807) is 0 Å². The molecule has 1 aliphatic heterocycles. The predicted molar refractivity (Wildman–Crippen MR) is 115 cm³/mol. The molecule has 1 saturated heterocycles. The summed E-state index contributed by atoms with van der Waals surface area (Å²) in [5.74, 6) is 0.559. The summed E-state index contributed by atoms with van der Waals surface area (Å²) in [5, 5.41) is 9.21. The quantitative estimate of drug-likeness (QED) is 0.681. The zero-order chi connectivity index (χ0) is 19.2. The number of aliphatic hydroxyl groups excluding tert-OH is 1. The molecule has 0 aliphatic carbocycles. The van der Waals surface area contributed by atoms with Gasteiger partial charge in [0.25, 0.3) is 0 Å². The second-order valence-electron chi connectivity index (χ2n) is 7.39. The molecular weight excluding hydrogens is 344 g/mol. The van der Waals surface area contributed by atoms with Gasteiger partial charge in [-0.05, 0) is 47.7 Å². The number of aromatic nitrogens is 1. The van der Waals surface area contributed by atoms with Gasteiger partial charge in [0, 0.05) is 24.8 Å². The van der Waals surface area contributed by atoms with Crippen LogP contribution in [-0.4, -0.2) is 34.6 Å². The SMILES string of the molecule is OCc1ccc(-c2cc([C@@H]3CCN(C/C=C/c4ccccc4)C3)ccn2)cc1. The van der Waals surface area contributed by atoms with Crippen molar-refractivity contribution >= 4 is 6.08 Å². The largest absolute Gasteiger partial charge is 0.392 e. The van der Waals surface area contributed by atoms with E-state index in [4.69, 9.17) is 0 Å². The maximum absolute atomic E-state index is 9.21. The van der Waals surface area contributed by atoms with Crippen LogP contribution in [0.2, 0.25) is 0 Å². The van der Waals surface area contributed by atoms with Gasteiger partial charge in [-0.2, -0.15) is 0 Å². The van der Waals surface area contributed by atoms with E-state index in [0.717, 1.165) is 36.5 Å². The van der Waals surface area contributed by atoms with Gasteiger partial charge in [-0.1, -0.05) is 66.7 Å². The first kappa shape index (κ1) is 18.6. The van der Waals surface area contributed by atoms with E-state index in [0.29, 0.717) is 5.92 Å². The maximum Gasteiger partial charge on any atom is 0.0704 e. The van der Waals surface area contributed by atoms with E-state index in [2.05, 4.69) is 58.4 Å². The summed E-state index contributed by atoms with van der Waals surface area (Å²) in [6.07, 6.45) is 7.57. The smallest absolute Gasteiger partial charge is 0.0704 e. The highest BCUT2D eigenvalue weighted by atomic mass is 16.3. The number of hydrogen-bond acceptors (Lipinski definition) is 3. The van der Waals surface area contributed by atoms with E-state index in [1.807, 2.05) is 36.5 Å². The van der Waals surface area contributed by atoms with E-state index in [9.17, 15) is 5.11 Å². The van der Waals surface area contributed by atoms with Gasteiger partial charge in [-0.3, -0.25) is 9.88 Å². The van der Waals surface area contributed by atoms with Crippen LogP contribution in [0.5, 0.6) is 0 Å². The second-order valence-corrected chi connectivity index (χ2v) is 7.39. The fourth-order valence-corrected chi connectivity index (χ4v) is 3.81. The van der Waals surface area contributed by atoms with Crippen LogP contribution in [0.25, 0.3) is 17.3 Å². The summed E-state index contributed by atoms with van der Waals surface area (Å²) in [6.45, 7) is 3.29. The Morgan fingerprint density at radius 1 is 1.04 bits per heavy atom. The Balaban J connectivity index is 1.39. The average molecular weight is 370 g/mol. The van der Waals surface area contributed by atoms with Crippen LogP contribution in [-0.2, 0) is 6.61 Å². The topological polar surface area (TPSA) is 36.4 Å². The van der Waals surface area contributed by atoms with Crippen molar-refractivity contribution in [2.75, 3.05) is 19.6 Å². The van der Waals surface area contributed by atoms with Gasteiger partial charge < -0.3 is 5.11 Å². The fraction of sp³-hybridized carbons (Fsp3) is 0.240. The van der Waals surface area contributed by atoms with Gasteiger partial charge in [-0.25, -0.2) is 0 Å². The molecule has 1 aromatic heterocycles. The highest BCUT2D eigenvalue weighted by Gasteiger charge is 2.23. The summed E-state index contributed by atoms with van der Waals surface area (Å²) >= 11 is 0. The molecule has 1 fully saturated rings. The van der Waals surface area contributed by atoms with Gasteiger partial charge >= 0.3 is 0 Å². The molecule has 0 bridgehead atoms. The molecule has 2 heterocycles. The van der Waals surface area contributed by atoms with Crippen LogP contribution in [0.15, 0.2) is 79.0 Å². The molecule has 4 rings (SSSR count). The molecule has 0 radical (unpaired) electrons. The summed E-state index contributed by atoms with van der Waals surface area (Å²) in [5.41, 5.74) is 5.65. The highest BCUT2D eigenvalue weighted by Crippen LogP contribution is 2.29. The minimum absolute atomic E-state index is 0.0738. The molecule has 0 unspecified atom stereocenters. The molecule has 0 saturated carbocycles. The number of aliphatic hydroxyl groups is 1. The first-order valence-electron chi connectivity index (χ1n) is 9.92.